The Morgan fingerprint density at radius 2 is 2.00 bits per heavy atom. The fourth-order valence-corrected chi connectivity index (χ4v) is 0.850. The molecular formula is C8H17ClO. The standard InChI is InChI=1S/C8H17ClO/c1-4-8(3,6-9)7-10-5-2/h4-7H2,1-3H3. The van der Waals surface area contributed by atoms with Crippen molar-refractivity contribution in [2.75, 3.05) is 19.1 Å². The molecule has 1 nitrogen and oxygen atoms in total. The first-order valence-electron chi connectivity index (χ1n) is 3.82. The van der Waals surface area contributed by atoms with Crippen LogP contribution in [0.25, 0.3) is 0 Å². The Morgan fingerprint density at radius 1 is 1.40 bits per heavy atom. The minimum Gasteiger partial charge on any atom is -0.381 e. The molecule has 0 aliphatic heterocycles. The van der Waals surface area contributed by atoms with Gasteiger partial charge in [-0.15, -0.1) is 11.6 Å². The molecule has 0 heterocycles. The summed E-state index contributed by atoms with van der Waals surface area (Å²) in [6.45, 7) is 7.86. The van der Waals surface area contributed by atoms with E-state index in [0.29, 0.717) is 5.88 Å². The second-order valence-corrected chi connectivity index (χ2v) is 3.20. The smallest absolute Gasteiger partial charge is 0.0530 e. The monoisotopic (exact) mass is 164 g/mol. The zero-order chi connectivity index (χ0) is 8.04. The van der Waals surface area contributed by atoms with Crippen molar-refractivity contribution in [2.24, 2.45) is 5.41 Å². The lowest BCUT2D eigenvalue weighted by Gasteiger charge is -2.24. The van der Waals surface area contributed by atoms with Gasteiger partial charge in [-0.1, -0.05) is 13.8 Å². The van der Waals surface area contributed by atoms with Crippen molar-refractivity contribution in [3.8, 4) is 0 Å². The third-order valence-electron chi connectivity index (χ3n) is 1.83. The Hall–Kier alpha value is 0.250. The minimum atomic E-state index is 0.178. The van der Waals surface area contributed by atoms with Gasteiger partial charge in [0.05, 0.1) is 6.61 Å². The van der Waals surface area contributed by atoms with E-state index < -0.39 is 0 Å². The molecule has 0 aromatic rings. The van der Waals surface area contributed by atoms with Crippen LogP contribution < -0.4 is 0 Å². The molecule has 2 heteroatoms. The van der Waals surface area contributed by atoms with Crippen LogP contribution in [0.4, 0.5) is 0 Å². The molecule has 0 saturated carbocycles. The van der Waals surface area contributed by atoms with E-state index >= 15 is 0 Å². The third kappa shape index (κ3) is 3.43. The normalized spacial score (nSPS) is 16.8. The molecule has 0 amide bonds. The lowest BCUT2D eigenvalue weighted by molar-refractivity contribution is 0.0707. The zero-order valence-corrected chi connectivity index (χ0v) is 7.87. The van der Waals surface area contributed by atoms with E-state index in [9.17, 15) is 0 Å². The summed E-state index contributed by atoms with van der Waals surface area (Å²) < 4.78 is 5.30. The third-order valence-corrected chi connectivity index (χ3v) is 2.48. The first-order valence-corrected chi connectivity index (χ1v) is 4.35. The summed E-state index contributed by atoms with van der Waals surface area (Å²) in [7, 11) is 0. The second kappa shape index (κ2) is 4.97. The minimum absolute atomic E-state index is 0.178. The van der Waals surface area contributed by atoms with Gasteiger partial charge < -0.3 is 4.74 Å². The maximum absolute atomic E-state index is 5.76. The van der Waals surface area contributed by atoms with E-state index in [1.54, 1.807) is 0 Å². The molecule has 0 bridgehead atoms. The van der Waals surface area contributed by atoms with Crippen LogP contribution in [-0.4, -0.2) is 19.1 Å². The van der Waals surface area contributed by atoms with E-state index in [4.69, 9.17) is 16.3 Å². The summed E-state index contributed by atoms with van der Waals surface area (Å²) in [6, 6.07) is 0. The molecule has 0 aliphatic carbocycles. The molecule has 1 unspecified atom stereocenters. The summed E-state index contributed by atoms with van der Waals surface area (Å²) in [5.41, 5.74) is 0.178. The highest BCUT2D eigenvalue weighted by Gasteiger charge is 2.20. The van der Waals surface area contributed by atoms with Gasteiger partial charge in [0.15, 0.2) is 0 Å². The van der Waals surface area contributed by atoms with Crippen LogP contribution in [0.5, 0.6) is 0 Å². The quantitative estimate of drug-likeness (QED) is 0.568. The summed E-state index contributed by atoms with van der Waals surface area (Å²) in [6.07, 6.45) is 1.08. The first kappa shape index (κ1) is 10.2. The van der Waals surface area contributed by atoms with E-state index in [2.05, 4.69) is 13.8 Å². The molecule has 0 radical (unpaired) electrons. The topological polar surface area (TPSA) is 9.23 Å². The maximum Gasteiger partial charge on any atom is 0.0530 e. The number of ether oxygens (including phenoxy) is 1. The fraction of sp³-hybridized carbons (Fsp3) is 1.00. The fourth-order valence-electron chi connectivity index (χ4n) is 0.584. The van der Waals surface area contributed by atoms with E-state index in [0.717, 1.165) is 19.6 Å². The maximum atomic E-state index is 5.76. The van der Waals surface area contributed by atoms with Crippen molar-refractivity contribution in [3.63, 3.8) is 0 Å². The summed E-state index contributed by atoms with van der Waals surface area (Å²) in [4.78, 5) is 0. The average molecular weight is 165 g/mol. The Morgan fingerprint density at radius 3 is 2.30 bits per heavy atom. The van der Waals surface area contributed by atoms with Gasteiger partial charge in [-0.25, -0.2) is 0 Å². The van der Waals surface area contributed by atoms with E-state index in [-0.39, 0.29) is 5.41 Å². The van der Waals surface area contributed by atoms with Crippen molar-refractivity contribution in [1.29, 1.82) is 0 Å². The van der Waals surface area contributed by atoms with Crippen molar-refractivity contribution in [2.45, 2.75) is 27.2 Å². The Labute approximate surface area is 68.7 Å². The Bertz CT molecular complexity index is 79.3. The largest absolute Gasteiger partial charge is 0.381 e. The molecule has 0 N–H and O–H groups in total. The number of hydrogen-bond acceptors (Lipinski definition) is 1. The van der Waals surface area contributed by atoms with Crippen LogP contribution in [0.1, 0.15) is 27.2 Å². The number of alkyl halides is 1. The average Bonchev–Trinajstić information content (AvgIpc) is 2.00. The second-order valence-electron chi connectivity index (χ2n) is 2.93. The molecule has 0 saturated heterocycles. The summed E-state index contributed by atoms with van der Waals surface area (Å²) >= 11 is 5.76. The van der Waals surface area contributed by atoms with Crippen molar-refractivity contribution in [3.05, 3.63) is 0 Å². The zero-order valence-electron chi connectivity index (χ0n) is 7.11. The molecule has 0 spiro atoms. The predicted molar refractivity (Wildman–Crippen MR) is 45.6 cm³/mol. The molecule has 1 atom stereocenters. The number of rotatable bonds is 5. The molecule has 10 heavy (non-hydrogen) atoms. The Balaban J connectivity index is 3.58. The van der Waals surface area contributed by atoms with Gasteiger partial charge in [0, 0.05) is 17.9 Å². The molecule has 0 rings (SSSR count). The van der Waals surface area contributed by atoms with Gasteiger partial charge in [0.2, 0.25) is 0 Å². The lowest BCUT2D eigenvalue weighted by atomic mass is 9.91. The molecular weight excluding hydrogens is 148 g/mol. The first-order chi connectivity index (χ1) is 4.68. The molecule has 0 aromatic carbocycles. The van der Waals surface area contributed by atoms with Crippen molar-refractivity contribution >= 4 is 11.6 Å². The molecule has 62 valence electrons. The highest BCUT2D eigenvalue weighted by molar-refractivity contribution is 6.18. The van der Waals surface area contributed by atoms with Crippen LogP contribution in [-0.2, 0) is 4.74 Å². The van der Waals surface area contributed by atoms with Crippen LogP contribution in [0, 0.1) is 5.41 Å². The SMILES string of the molecule is CCOCC(C)(CC)CCl. The van der Waals surface area contributed by atoms with Crippen LogP contribution in [0.3, 0.4) is 0 Å². The van der Waals surface area contributed by atoms with Crippen LogP contribution >= 0.6 is 11.6 Å². The summed E-state index contributed by atoms with van der Waals surface area (Å²) in [5.74, 6) is 0.684. The highest BCUT2D eigenvalue weighted by atomic mass is 35.5. The number of halogens is 1. The molecule has 0 aromatic heterocycles. The van der Waals surface area contributed by atoms with E-state index in [1.165, 1.54) is 0 Å². The van der Waals surface area contributed by atoms with Gasteiger partial charge in [-0.2, -0.15) is 0 Å². The highest BCUT2D eigenvalue weighted by Crippen LogP contribution is 2.22. The number of hydrogen-bond donors (Lipinski definition) is 0. The van der Waals surface area contributed by atoms with Gasteiger partial charge >= 0.3 is 0 Å². The lowest BCUT2D eigenvalue weighted by Crippen LogP contribution is -2.24. The van der Waals surface area contributed by atoms with Gasteiger partial charge in [-0.3, -0.25) is 0 Å². The van der Waals surface area contributed by atoms with Crippen molar-refractivity contribution in [1.82, 2.24) is 0 Å². The van der Waals surface area contributed by atoms with Crippen LogP contribution in [0.15, 0.2) is 0 Å². The molecule has 0 aliphatic rings. The van der Waals surface area contributed by atoms with Gasteiger partial charge in [-0.05, 0) is 13.3 Å². The predicted octanol–water partition coefficient (Wildman–Crippen LogP) is 2.68. The Kier molecular flexibility index (Phi) is 5.10. The summed E-state index contributed by atoms with van der Waals surface area (Å²) in [5, 5.41) is 0. The molecule has 0 fully saturated rings. The van der Waals surface area contributed by atoms with Gasteiger partial charge in [0.25, 0.3) is 0 Å². The van der Waals surface area contributed by atoms with Crippen molar-refractivity contribution < 1.29 is 4.74 Å². The van der Waals surface area contributed by atoms with E-state index in [1.807, 2.05) is 6.92 Å². The van der Waals surface area contributed by atoms with Gasteiger partial charge in [0.1, 0.15) is 0 Å². The van der Waals surface area contributed by atoms with Crippen LogP contribution in [0.2, 0.25) is 0 Å².